The van der Waals surface area contributed by atoms with Crippen molar-refractivity contribution in [3.05, 3.63) is 76.7 Å². The number of sulfonamides is 1. The zero-order valence-electron chi connectivity index (χ0n) is 17.7. The van der Waals surface area contributed by atoms with Gasteiger partial charge < -0.3 is 5.73 Å². The van der Waals surface area contributed by atoms with E-state index >= 15 is 0 Å². The van der Waals surface area contributed by atoms with Crippen LogP contribution in [0, 0.1) is 0 Å². The number of hydrogen-bond donors (Lipinski definition) is 2. The summed E-state index contributed by atoms with van der Waals surface area (Å²) in [6, 6.07) is 11.7. The number of pyridine rings is 2. The molecule has 0 amide bonds. The van der Waals surface area contributed by atoms with E-state index in [2.05, 4.69) is 40.5 Å². The van der Waals surface area contributed by atoms with Gasteiger partial charge in [0.25, 0.3) is 10.0 Å². The largest absolute Gasteiger partial charge is 0.384 e. The second-order valence-corrected chi connectivity index (χ2v) is 10.1. The minimum atomic E-state index is -3.88. The van der Waals surface area contributed by atoms with Gasteiger partial charge in [-0.3, -0.25) is 14.7 Å². The topological polar surface area (TPSA) is 110 Å². The lowest BCUT2D eigenvalue weighted by molar-refractivity contribution is 0.587. The van der Waals surface area contributed by atoms with Gasteiger partial charge in [-0.1, -0.05) is 44.5 Å². The molecule has 9 heteroatoms. The van der Waals surface area contributed by atoms with Crippen molar-refractivity contribution in [2.45, 2.75) is 31.1 Å². The molecule has 31 heavy (non-hydrogen) atoms. The molecule has 3 aromatic rings. The van der Waals surface area contributed by atoms with Crippen LogP contribution in [0.3, 0.4) is 0 Å². The fourth-order valence-corrected chi connectivity index (χ4v) is 4.18. The van der Waals surface area contributed by atoms with Crippen LogP contribution in [0.4, 0.5) is 11.5 Å². The van der Waals surface area contributed by atoms with Gasteiger partial charge >= 0.3 is 0 Å². The van der Waals surface area contributed by atoms with E-state index in [0.29, 0.717) is 22.8 Å². The average Bonchev–Trinajstić information content (AvgIpc) is 2.70. The van der Waals surface area contributed by atoms with Crippen LogP contribution >= 0.6 is 11.6 Å². The quantitative estimate of drug-likeness (QED) is 0.555. The van der Waals surface area contributed by atoms with Gasteiger partial charge in [-0.15, -0.1) is 0 Å². The lowest BCUT2D eigenvalue weighted by Crippen LogP contribution is -2.18. The van der Waals surface area contributed by atoms with Gasteiger partial charge in [-0.2, -0.15) is 0 Å². The number of halogens is 1. The molecule has 0 radical (unpaired) electrons. The highest BCUT2D eigenvalue weighted by Crippen LogP contribution is 2.27. The number of aromatic nitrogens is 2. The van der Waals surface area contributed by atoms with Crippen LogP contribution in [0.5, 0.6) is 0 Å². The standard InChI is InChI=1S/C22H24ClN5O2S/c1-22(2,3)15-6-8-17(9-7-15)31(29,30)28-18-11-16(23)13-27-21(18)20(25-4)14-5-10-19(24)26-12-14/h5-13,28H,1-4H3,(H2,24,26). The molecule has 2 aromatic heterocycles. The summed E-state index contributed by atoms with van der Waals surface area (Å²) in [5.74, 6) is 0.364. The van der Waals surface area contributed by atoms with Crippen molar-refractivity contribution < 1.29 is 8.42 Å². The van der Waals surface area contributed by atoms with Gasteiger partial charge in [-0.25, -0.2) is 13.4 Å². The van der Waals surface area contributed by atoms with E-state index in [0.717, 1.165) is 5.56 Å². The van der Waals surface area contributed by atoms with Crippen molar-refractivity contribution in [1.29, 1.82) is 0 Å². The van der Waals surface area contributed by atoms with Crippen molar-refractivity contribution in [2.24, 2.45) is 4.99 Å². The molecule has 0 aliphatic carbocycles. The molecule has 0 aliphatic heterocycles. The number of aliphatic imine (C=N–C) groups is 1. The fraction of sp³-hybridized carbons (Fsp3) is 0.227. The predicted molar refractivity (Wildman–Crippen MR) is 125 cm³/mol. The highest BCUT2D eigenvalue weighted by atomic mass is 35.5. The van der Waals surface area contributed by atoms with Gasteiger partial charge in [0.05, 0.1) is 21.3 Å². The summed E-state index contributed by atoms with van der Waals surface area (Å²) in [6.07, 6.45) is 2.99. The highest BCUT2D eigenvalue weighted by molar-refractivity contribution is 7.92. The first-order valence-corrected chi connectivity index (χ1v) is 11.4. The second kappa shape index (κ2) is 8.64. The molecule has 162 valence electrons. The molecule has 0 saturated carbocycles. The molecule has 1 aromatic carbocycles. The van der Waals surface area contributed by atoms with Crippen LogP contribution in [0.1, 0.15) is 37.6 Å². The Hall–Kier alpha value is -2.97. The second-order valence-electron chi connectivity index (χ2n) is 7.97. The lowest BCUT2D eigenvalue weighted by atomic mass is 9.87. The van der Waals surface area contributed by atoms with Crippen LogP contribution in [0.2, 0.25) is 5.02 Å². The van der Waals surface area contributed by atoms with Crippen molar-refractivity contribution in [1.82, 2.24) is 9.97 Å². The van der Waals surface area contributed by atoms with Crippen LogP contribution in [0.25, 0.3) is 0 Å². The molecule has 3 N–H and O–H groups in total. The van der Waals surface area contributed by atoms with Crippen LogP contribution < -0.4 is 10.5 Å². The maximum absolute atomic E-state index is 13.1. The molecule has 0 spiro atoms. The number of rotatable bonds is 5. The van der Waals surface area contributed by atoms with Crippen molar-refractivity contribution in [3.8, 4) is 0 Å². The van der Waals surface area contributed by atoms with Crippen LogP contribution in [-0.4, -0.2) is 31.1 Å². The van der Waals surface area contributed by atoms with E-state index in [1.165, 1.54) is 12.3 Å². The third-order valence-corrected chi connectivity index (χ3v) is 6.23. The molecular weight excluding hydrogens is 434 g/mol. The molecule has 0 unspecified atom stereocenters. The molecule has 0 saturated heterocycles. The number of nitrogens with one attached hydrogen (secondary N) is 1. The van der Waals surface area contributed by atoms with E-state index in [4.69, 9.17) is 17.3 Å². The molecule has 7 nitrogen and oxygen atoms in total. The summed E-state index contributed by atoms with van der Waals surface area (Å²) in [7, 11) is -2.30. The molecule has 0 atom stereocenters. The van der Waals surface area contributed by atoms with Crippen LogP contribution in [0.15, 0.2) is 64.7 Å². The molecule has 0 aliphatic rings. The van der Waals surface area contributed by atoms with Crippen molar-refractivity contribution in [2.75, 3.05) is 17.5 Å². The predicted octanol–water partition coefficient (Wildman–Crippen LogP) is 4.28. The zero-order valence-corrected chi connectivity index (χ0v) is 19.3. The van der Waals surface area contributed by atoms with Gasteiger partial charge in [-0.05, 0) is 41.3 Å². The molecular formula is C22H24ClN5O2S. The maximum Gasteiger partial charge on any atom is 0.261 e. The maximum atomic E-state index is 13.1. The van der Waals surface area contributed by atoms with Gasteiger partial charge in [0.15, 0.2) is 0 Å². The fourth-order valence-electron chi connectivity index (χ4n) is 2.96. The number of anilines is 2. The number of nitrogens with two attached hydrogens (primary N) is 1. The Morgan fingerprint density at radius 2 is 1.74 bits per heavy atom. The highest BCUT2D eigenvalue weighted by Gasteiger charge is 2.21. The summed E-state index contributed by atoms with van der Waals surface area (Å²) in [6.45, 7) is 6.20. The Labute approximate surface area is 187 Å². The average molecular weight is 458 g/mol. The first kappa shape index (κ1) is 22.7. The van der Waals surface area contributed by atoms with Crippen molar-refractivity contribution >= 4 is 38.8 Å². The summed E-state index contributed by atoms with van der Waals surface area (Å²) >= 11 is 6.11. The number of nitrogens with zero attached hydrogens (tertiary/aromatic N) is 3. The molecule has 2 heterocycles. The van der Waals surface area contributed by atoms with E-state index in [1.54, 1.807) is 37.5 Å². The third-order valence-electron chi connectivity index (χ3n) is 4.64. The van der Waals surface area contributed by atoms with Crippen LogP contribution in [-0.2, 0) is 15.4 Å². The smallest absolute Gasteiger partial charge is 0.261 e. The summed E-state index contributed by atoms with van der Waals surface area (Å²) in [4.78, 5) is 12.8. The number of nitrogen functional groups attached to an aromatic ring is 1. The van der Waals surface area contributed by atoms with E-state index in [9.17, 15) is 8.42 Å². The number of hydrogen-bond acceptors (Lipinski definition) is 6. The zero-order chi connectivity index (χ0) is 22.8. The minimum absolute atomic E-state index is 0.0840. The molecule has 0 fully saturated rings. The summed E-state index contributed by atoms with van der Waals surface area (Å²) in [5.41, 5.74) is 8.25. The summed E-state index contributed by atoms with van der Waals surface area (Å²) < 4.78 is 28.7. The number of benzene rings is 1. The van der Waals surface area contributed by atoms with E-state index in [-0.39, 0.29) is 21.0 Å². The Morgan fingerprint density at radius 3 is 2.29 bits per heavy atom. The molecule has 3 rings (SSSR count). The Balaban J connectivity index is 2.01. The first-order chi connectivity index (χ1) is 14.5. The summed E-state index contributed by atoms with van der Waals surface area (Å²) in [5, 5.41) is 0.287. The Bertz CT molecular complexity index is 1220. The van der Waals surface area contributed by atoms with Crippen molar-refractivity contribution in [3.63, 3.8) is 0 Å². The van der Waals surface area contributed by atoms with Gasteiger partial charge in [0, 0.05) is 25.0 Å². The monoisotopic (exact) mass is 457 g/mol. The van der Waals surface area contributed by atoms with Gasteiger partial charge in [0.2, 0.25) is 0 Å². The molecule has 0 bridgehead atoms. The van der Waals surface area contributed by atoms with E-state index < -0.39 is 10.0 Å². The minimum Gasteiger partial charge on any atom is -0.384 e. The first-order valence-electron chi connectivity index (χ1n) is 9.49. The lowest BCUT2D eigenvalue weighted by Gasteiger charge is -2.19. The van der Waals surface area contributed by atoms with Gasteiger partial charge in [0.1, 0.15) is 11.5 Å². The Kier molecular flexibility index (Phi) is 6.33. The third kappa shape index (κ3) is 5.21. The Morgan fingerprint density at radius 1 is 1.06 bits per heavy atom. The normalized spacial score (nSPS) is 12.6. The van der Waals surface area contributed by atoms with E-state index in [1.807, 2.05) is 12.1 Å². The SMILES string of the molecule is CN=C(c1ccc(N)nc1)c1ncc(Cl)cc1NS(=O)(=O)c1ccc(C(C)(C)C)cc1.